The van der Waals surface area contributed by atoms with Gasteiger partial charge in [-0.3, -0.25) is 9.79 Å². The summed E-state index contributed by atoms with van der Waals surface area (Å²) in [6, 6.07) is 0. The van der Waals surface area contributed by atoms with Crippen LogP contribution in [-0.2, 0) is 9.53 Å². The van der Waals surface area contributed by atoms with Crippen molar-refractivity contribution in [1.29, 1.82) is 0 Å². The van der Waals surface area contributed by atoms with Gasteiger partial charge in [-0.15, -0.1) is 0 Å². The number of esters is 1. The van der Waals surface area contributed by atoms with E-state index in [0.717, 1.165) is 25.8 Å². The van der Waals surface area contributed by atoms with Crippen molar-refractivity contribution in [1.82, 2.24) is 0 Å². The molecule has 0 spiro atoms. The van der Waals surface area contributed by atoms with E-state index in [1.54, 1.807) is 0 Å². The fraction of sp³-hybridized carbons (Fsp3) is 0.818. The van der Waals surface area contributed by atoms with Crippen molar-refractivity contribution in [2.24, 2.45) is 4.99 Å². The van der Waals surface area contributed by atoms with Crippen LogP contribution in [0.1, 0.15) is 51.9 Å². The van der Waals surface area contributed by atoms with Gasteiger partial charge >= 0.3 is 5.97 Å². The van der Waals surface area contributed by atoms with Crippen LogP contribution in [0.5, 0.6) is 0 Å². The maximum Gasteiger partial charge on any atom is 0.312 e. The van der Waals surface area contributed by atoms with Gasteiger partial charge in [-0.2, -0.15) is 0 Å². The Morgan fingerprint density at radius 3 is 2.71 bits per heavy atom. The number of rotatable bonds is 1. The van der Waals surface area contributed by atoms with Gasteiger partial charge in [0, 0.05) is 19.4 Å². The summed E-state index contributed by atoms with van der Waals surface area (Å²) in [5, 5.41) is 0. The third-order valence-corrected chi connectivity index (χ3v) is 2.36. The molecule has 0 atom stereocenters. The van der Waals surface area contributed by atoms with Crippen LogP contribution in [0.25, 0.3) is 0 Å². The van der Waals surface area contributed by atoms with Gasteiger partial charge in [0.05, 0.1) is 0 Å². The smallest absolute Gasteiger partial charge is 0.312 e. The van der Waals surface area contributed by atoms with Gasteiger partial charge in [0.2, 0.25) is 0 Å². The number of carbonyl (C=O) groups excluding carboxylic acids is 1. The summed E-state index contributed by atoms with van der Waals surface area (Å²) in [4.78, 5) is 15.5. The minimum absolute atomic E-state index is 0.118. The zero-order valence-electron chi connectivity index (χ0n) is 8.92. The fourth-order valence-corrected chi connectivity index (χ4v) is 1.51. The van der Waals surface area contributed by atoms with Gasteiger partial charge in [-0.25, -0.2) is 0 Å². The number of aliphatic imine (C=N–C) groups is 1. The zero-order chi connectivity index (χ0) is 10.2. The molecule has 14 heavy (non-hydrogen) atoms. The Morgan fingerprint density at radius 1 is 1.21 bits per heavy atom. The van der Waals surface area contributed by atoms with Crippen molar-refractivity contribution in [3.8, 4) is 0 Å². The van der Waals surface area contributed by atoms with E-state index in [9.17, 15) is 4.79 Å². The Balaban J connectivity index is 2.47. The van der Waals surface area contributed by atoms with Crippen LogP contribution in [0.2, 0.25) is 0 Å². The van der Waals surface area contributed by atoms with Crippen molar-refractivity contribution in [3.63, 3.8) is 0 Å². The van der Waals surface area contributed by atoms with E-state index in [1.165, 1.54) is 12.8 Å². The first kappa shape index (κ1) is 11.2. The molecule has 0 aromatic heterocycles. The maximum atomic E-state index is 11.3. The molecule has 80 valence electrons. The molecule has 1 aliphatic rings. The van der Waals surface area contributed by atoms with Crippen molar-refractivity contribution in [2.75, 3.05) is 6.54 Å². The first-order chi connectivity index (χ1) is 6.83. The monoisotopic (exact) mass is 197 g/mol. The molecule has 0 bridgehead atoms. The molecule has 0 fully saturated rings. The first-order valence-corrected chi connectivity index (χ1v) is 5.57. The lowest BCUT2D eigenvalue weighted by Crippen LogP contribution is -2.11. The second-order valence-corrected chi connectivity index (χ2v) is 3.62. The van der Waals surface area contributed by atoms with Gasteiger partial charge in [-0.05, 0) is 12.8 Å². The summed E-state index contributed by atoms with van der Waals surface area (Å²) in [5.41, 5.74) is 0. The molecule has 0 aliphatic carbocycles. The SMILES string of the molecule is CCC1=NCCCCCCCC(=O)O1. The van der Waals surface area contributed by atoms with Gasteiger partial charge < -0.3 is 4.74 Å². The van der Waals surface area contributed by atoms with E-state index < -0.39 is 0 Å². The van der Waals surface area contributed by atoms with Crippen LogP contribution < -0.4 is 0 Å². The summed E-state index contributed by atoms with van der Waals surface area (Å²) in [5.74, 6) is 0.490. The quantitative estimate of drug-likeness (QED) is 0.606. The van der Waals surface area contributed by atoms with Crippen molar-refractivity contribution < 1.29 is 9.53 Å². The molecule has 3 heteroatoms. The van der Waals surface area contributed by atoms with Crippen molar-refractivity contribution in [2.45, 2.75) is 51.9 Å². The summed E-state index contributed by atoms with van der Waals surface area (Å²) >= 11 is 0. The largest absolute Gasteiger partial charge is 0.412 e. The summed E-state index contributed by atoms with van der Waals surface area (Å²) in [6.45, 7) is 2.77. The van der Waals surface area contributed by atoms with Crippen LogP contribution in [0.3, 0.4) is 0 Å². The number of nitrogens with zero attached hydrogens (tertiary/aromatic N) is 1. The standard InChI is InChI=1S/C11H19NO2/c1-2-10-12-9-7-5-3-4-6-8-11(13)14-10/h2-9H2,1H3. The maximum absolute atomic E-state index is 11.3. The number of cyclic esters (lactones) is 1. The van der Waals surface area contributed by atoms with Crippen LogP contribution in [-0.4, -0.2) is 18.4 Å². The van der Waals surface area contributed by atoms with Crippen LogP contribution in [0.4, 0.5) is 0 Å². The Labute approximate surface area is 85.6 Å². The van der Waals surface area contributed by atoms with E-state index in [2.05, 4.69) is 4.99 Å². The van der Waals surface area contributed by atoms with Crippen LogP contribution in [0, 0.1) is 0 Å². The highest BCUT2D eigenvalue weighted by atomic mass is 16.5. The minimum atomic E-state index is -0.118. The van der Waals surface area contributed by atoms with E-state index in [4.69, 9.17) is 4.74 Å². The lowest BCUT2D eigenvalue weighted by Gasteiger charge is -2.04. The molecule has 0 saturated carbocycles. The van der Waals surface area contributed by atoms with Crippen molar-refractivity contribution >= 4 is 11.9 Å². The van der Waals surface area contributed by atoms with E-state index in [0.29, 0.717) is 18.7 Å². The Morgan fingerprint density at radius 2 is 1.93 bits per heavy atom. The highest BCUT2D eigenvalue weighted by molar-refractivity contribution is 5.88. The lowest BCUT2D eigenvalue weighted by atomic mass is 10.1. The molecular formula is C11H19NO2. The second-order valence-electron chi connectivity index (χ2n) is 3.62. The number of ether oxygens (including phenoxy) is 1. The molecule has 0 N–H and O–H groups in total. The van der Waals surface area contributed by atoms with Gasteiger partial charge in [-0.1, -0.05) is 26.2 Å². The molecule has 0 aromatic carbocycles. The summed E-state index contributed by atoms with van der Waals surface area (Å²) < 4.78 is 5.14. The molecule has 0 radical (unpaired) electrons. The van der Waals surface area contributed by atoms with Crippen LogP contribution >= 0.6 is 0 Å². The third-order valence-electron chi connectivity index (χ3n) is 2.36. The lowest BCUT2D eigenvalue weighted by molar-refractivity contribution is -0.135. The highest BCUT2D eigenvalue weighted by Gasteiger charge is 2.07. The number of carbonyl (C=O) groups is 1. The highest BCUT2D eigenvalue weighted by Crippen LogP contribution is 2.08. The van der Waals surface area contributed by atoms with E-state index >= 15 is 0 Å². The van der Waals surface area contributed by atoms with Gasteiger partial charge in [0.25, 0.3) is 0 Å². The third kappa shape index (κ3) is 4.40. The number of hydrogen-bond acceptors (Lipinski definition) is 3. The average Bonchev–Trinajstić information content (AvgIpc) is 2.23. The second kappa shape index (κ2) is 6.57. The van der Waals surface area contributed by atoms with E-state index in [-0.39, 0.29) is 5.97 Å². The average molecular weight is 197 g/mol. The van der Waals surface area contributed by atoms with Gasteiger partial charge in [0.1, 0.15) is 0 Å². The molecular weight excluding hydrogens is 178 g/mol. The Hall–Kier alpha value is -0.860. The molecule has 0 unspecified atom stereocenters. The molecule has 0 saturated heterocycles. The van der Waals surface area contributed by atoms with Gasteiger partial charge in [0.15, 0.2) is 5.90 Å². The first-order valence-electron chi connectivity index (χ1n) is 5.57. The molecule has 3 nitrogen and oxygen atoms in total. The Kier molecular flexibility index (Phi) is 5.27. The molecule has 0 amide bonds. The molecule has 1 heterocycles. The molecule has 0 aromatic rings. The molecule has 1 aliphatic heterocycles. The normalized spacial score (nSPS) is 20.6. The summed E-state index contributed by atoms with van der Waals surface area (Å²) in [7, 11) is 0. The summed E-state index contributed by atoms with van der Waals surface area (Å²) in [6.07, 6.45) is 6.89. The van der Waals surface area contributed by atoms with E-state index in [1.807, 2.05) is 6.92 Å². The van der Waals surface area contributed by atoms with Crippen LogP contribution in [0.15, 0.2) is 4.99 Å². The Bertz CT molecular complexity index is 211. The molecule has 1 rings (SSSR count). The predicted octanol–water partition coefficient (Wildman–Crippen LogP) is 2.69. The fourth-order valence-electron chi connectivity index (χ4n) is 1.51. The minimum Gasteiger partial charge on any atom is -0.412 e. The predicted molar refractivity (Wildman–Crippen MR) is 56.4 cm³/mol. The zero-order valence-corrected chi connectivity index (χ0v) is 8.92. The van der Waals surface area contributed by atoms with Crippen molar-refractivity contribution in [3.05, 3.63) is 0 Å². The number of hydrogen-bond donors (Lipinski definition) is 0. The topological polar surface area (TPSA) is 38.7 Å².